The minimum Gasteiger partial charge on any atom is -0.489 e. The van der Waals surface area contributed by atoms with Gasteiger partial charge in [-0.05, 0) is 57.2 Å². The molecule has 1 heterocycles. The summed E-state index contributed by atoms with van der Waals surface area (Å²) in [5.74, 6) is 0.219. The third kappa shape index (κ3) is 6.53. The van der Waals surface area contributed by atoms with E-state index in [1.165, 1.54) is 18.2 Å². The zero-order valence-electron chi connectivity index (χ0n) is 19.0. The van der Waals surface area contributed by atoms with Crippen molar-refractivity contribution < 1.29 is 35.9 Å². The lowest BCUT2D eigenvalue weighted by Gasteiger charge is -2.31. The van der Waals surface area contributed by atoms with Crippen molar-refractivity contribution in [1.29, 1.82) is 0 Å². The second-order valence-electron chi connectivity index (χ2n) is 7.76. The topological polar surface area (TPSA) is 84.9 Å². The Morgan fingerprint density at radius 3 is 2.36 bits per heavy atom. The predicted molar refractivity (Wildman–Crippen MR) is 119 cm³/mol. The fourth-order valence-electron chi connectivity index (χ4n) is 2.90. The second-order valence-corrected chi connectivity index (χ2v) is 9.62. The van der Waals surface area contributed by atoms with E-state index in [-0.39, 0.29) is 30.3 Å². The van der Waals surface area contributed by atoms with E-state index in [1.807, 2.05) is 13.8 Å². The van der Waals surface area contributed by atoms with Gasteiger partial charge >= 0.3 is 12.3 Å². The molecule has 0 aromatic heterocycles. The lowest BCUT2D eigenvalue weighted by Crippen LogP contribution is -2.38. The number of hydrogen-bond donors (Lipinski definition) is 1. The van der Waals surface area contributed by atoms with Gasteiger partial charge in [0, 0.05) is 5.69 Å². The van der Waals surface area contributed by atoms with Gasteiger partial charge in [0.2, 0.25) is 0 Å². The van der Waals surface area contributed by atoms with Crippen LogP contribution in [-0.2, 0) is 20.9 Å². The van der Waals surface area contributed by atoms with Crippen LogP contribution in [0.2, 0.25) is 0 Å². The first kappa shape index (κ1) is 26.3. The fourth-order valence-corrected chi connectivity index (χ4v) is 4.40. The van der Waals surface area contributed by atoms with Gasteiger partial charge in [0.25, 0.3) is 10.0 Å². The average molecular weight is 489 g/mol. The number of hydrogen-bond acceptors (Lipinski definition) is 5. The van der Waals surface area contributed by atoms with Crippen LogP contribution >= 0.6 is 0 Å². The van der Waals surface area contributed by atoms with E-state index in [2.05, 4.69) is 5.32 Å². The number of sulfonamides is 1. The van der Waals surface area contributed by atoms with Crippen LogP contribution in [0.4, 0.5) is 29.3 Å². The van der Waals surface area contributed by atoms with E-state index >= 15 is 0 Å². The Balaban J connectivity index is 0.00000187. The molecule has 0 saturated carbocycles. The summed E-state index contributed by atoms with van der Waals surface area (Å²) in [4.78, 5) is 11.5. The van der Waals surface area contributed by atoms with E-state index in [0.29, 0.717) is 6.07 Å². The zero-order valence-corrected chi connectivity index (χ0v) is 19.8. The van der Waals surface area contributed by atoms with Gasteiger partial charge in [0.1, 0.15) is 18.0 Å². The van der Waals surface area contributed by atoms with Crippen molar-refractivity contribution in [3.8, 4) is 5.75 Å². The van der Waals surface area contributed by atoms with Crippen LogP contribution in [0.5, 0.6) is 5.75 Å². The molecule has 0 aliphatic carbocycles. The number of amides is 1. The number of halogens is 3. The van der Waals surface area contributed by atoms with Crippen molar-refractivity contribution in [2.24, 2.45) is 0 Å². The first-order valence-electron chi connectivity index (χ1n) is 10.2. The number of benzene rings is 2. The van der Waals surface area contributed by atoms with Gasteiger partial charge in [-0.25, -0.2) is 13.2 Å². The lowest BCUT2D eigenvalue weighted by molar-refractivity contribution is -0.137. The molecule has 2 aromatic rings. The van der Waals surface area contributed by atoms with Crippen molar-refractivity contribution in [3.05, 3.63) is 48.0 Å². The van der Waals surface area contributed by atoms with Crippen LogP contribution in [0.15, 0.2) is 47.4 Å². The van der Waals surface area contributed by atoms with Gasteiger partial charge in [0.15, 0.2) is 0 Å². The average Bonchev–Trinajstić information content (AvgIpc) is 2.72. The van der Waals surface area contributed by atoms with Gasteiger partial charge < -0.3 is 9.47 Å². The molecule has 7 nitrogen and oxygen atoms in total. The Morgan fingerprint density at radius 1 is 1.09 bits per heavy atom. The summed E-state index contributed by atoms with van der Waals surface area (Å²) in [5, 5.41) is 2.50. The summed E-state index contributed by atoms with van der Waals surface area (Å²) in [5.41, 5.74) is -1.47. The number of ether oxygens (including phenoxy) is 2. The Bertz CT molecular complexity index is 1100. The molecule has 0 unspecified atom stereocenters. The molecule has 0 radical (unpaired) electrons. The minimum absolute atomic E-state index is 0.0179. The molecule has 1 aliphatic rings. The molecule has 182 valence electrons. The molecule has 1 aliphatic heterocycles. The number of carbonyl (C=O) groups excluding carboxylic acids is 1. The van der Waals surface area contributed by atoms with E-state index in [1.54, 1.807) is 20.8 Å². The molecule has 11 heteroatoms. The van der Waals surface area contributed by atoms with Gasteiger partial charge in [-0.2, -0.15) is 13.2 Å². The minimum atomic E-state index is -4.68. The van der Waals surface area contributed by atoms with Crippen molar-refractivity contribution in [2.45, 2.75) is 51.3 Å². The van der Waals surface area contributed by atoms with Crippen LogP contribution < -0.4 is 14.4 Å². The monoisotopic (exact) mass is 488 g/mol. The molecule has 33 heavy (non-hydrogen) atoms. The van der Waals surface area contributed by atoms with E-state index in [9.17, 15) is 26.4 Å². The molecule has 0 spiro atoms. The summed E-state index contributed by atoms with van der Waals surface area (Å²) in [6.45, 7) is 8.98. The molecule has 3 rings (SSSR count). The summed E-state index contributed by atoms with van der Waals surface area (Å²) in [7, 11) is -4.32. The van der Waals surface area contributed by atoms with Crippen LogP contribution in [-0.4, -0.2) is 33.3 Å². The second kappa shape index (κ2) is 9.90. The van der Waals surface area contributed by atoms with Gasteiger partial charge in [-0.15, -0.1) is 0 Å². The fraction of sp³-hybridized carbons (Fsp3) is 0.409. The number of carbonyl (C=O) groups is 1. The lowest BCUT2D eigenvalue weighted by atomic mass is 10.2. The van der Waals surface area contributed by atoms with Crippen molar-refractivity contribution in [3.63, 3.8) is 0 Å². The quantitative estimate of drug-likeness (QED) is 0.602. The molecule has 1 amide bonds. The maximum absolute atomic E-state index is 13.1. The smallest absolute Gasteiger partial charge is 0.416 e. The number of anilines is 2. The van der Waals surface area contributed by atoms with E-state index in [4.69, 9.17) is 9.47 Å². The molecular formula is C22H27F3N2O5S. The number of nitrogens with zero attached hydrogens (tertiary/aromatic N) is 1. The summed E-state index contributed by atoms with van der Waals surface area (Å²) in [6.07, 6.45) is -5.42. The predicted octanol–water partition coefficient (Wildman–Crippen LogP) is 5.67. The summed E-state index contributed by atoms with van der Waals surface area (Å²) < 4.78 is 77.0. The number of nitrogens with one attached hydrogen (secondary N) is 1. The highest BCUT2D eigenvalue weighted by atomic mass is 32.2. The Hall–Kier alpha value is -2.95. The number of rotatable bonds is 3. The molecule has 0 saturated heterocycles. The van der Waals surface area contributed by atoms with Crippen LogP contribution in [0.1, 0.15) is 40.2 Å². The molecule has 0 fully saturated rings. The molecule has 0 atom stereocenters. The normalized spacial score (nSPS) is 13.8. The maximum atomic E-state index is 13.1. The Labute approximate surface area is 191 Å². The third-order valence-corrected chi connectivity index (χ3v) is 5.98. The standard InChI is InChI=1S/C20H21F3N2O5S.C2H6/c1-19(2,3)30-18(26)24-14-7-8-17-16(12-14)25(9-10-29-17)31(27,28)15-6-4-5-13(11-15)20(21,22)23;1-2/h4-8,11-12H,9-10H2,1-3H3,(H,24,26);1-2H3. The first-order valence-corrected chi connectivity index (χ1v) is 11.7. The van der Waals surface area contributed by atoms with Crippen molar-refractivity contribution in [2.75, 3.05) is 22.8 Å². The Morgan fingerprint density at radius 2 is 1.76 bits per heavy atom. The first-order chi connectivity index (χ1) is 15.3. The largest absolute Gasteiger partial charge is 0.489 e. The van der Waals surface area contributed by atoms with Crippen LogP contribution in [0.25, 0.3) is 0 Å². The molecular weight excluding hydrogens is 461 g/mol. The van der Waals surface area contributed by atoms with Crippen molar-refractivity contribution >= 4 is 27.5 Å². The SMILES string of the molecule is CC.CC(C)(C)OC(=O)Nc1ccc2c(c1)N(S(=O)(=O)c1cccc(C(F)(F)F)c1)CCO2. The number of alkyl halides is 3. The third-order valence-electron chi connectivity index (χ3n) is 4.17. The number of fused-ring (bicyclic) bond motifs is 1. The highest BCUT2D eigenvalue weighted by Crippen LogP contribution is 2.38. The summed E-state index contributed by atoms with van der Waals surface area (Å²) in [6, 6.07) is 7.87. The molecule has 2 aromatic carbocycles. The highest BCUT2D eigenvalue weighted by molar-refractivity contribution is 7.92. The van der Waals surface area contributed by atoms with E-state index < -0.39 is 38.4 Å². The molecule has 0 bridgehead atoms. The highest BCUT2D eigenvalue weighted by Gasteiger charge is 2.35. The van der Waals surface area contributed by atoms with E-state index in [0.717, 1.165) is 22.5 Å². The summed E-state index contributed by atoms with van der Waals surface area (Å²) >= 11 is 0. The van der Waals surface area contributed by atoms with Gasteiger partial charge in [-0.3, -0.25) is 9.62 Å². The van der Waals surface area contributed by atoms with Gasteiger partial charge in [-0.1, -0.05) is 19.9 Å². The van der Waals surface area contributed by atoms with Crippen LogP contribution in [0, 0.1) is 0 Å². The van der Waals surface area contributed by atoms with Crippen molar-refractivity contribution in [1.82, 2.24) is 0 Å². The zero-order chi connectivity index (χ0) is 25.0. The van der Waals surface area contributed by atoms with Crippen LogP contribution in [0.3, 0.4) is 0 Å². The molecule has 1 N–H and O–H groups in total. The maximum Gasteiger partial charge on any atom is 0.416 e. The Kier molecular flexibility index (Phi) is 7.89. The van der Waals surface area contributed by atoms with Gasteiger partial charge in [0.05, 0.1) is 22.7 Å².